The molecule has 0 aromatic carbocycles. The normalized spacial score (nSPS) is 12.7. The molecule has 4 heteroatoms. The molecule has 1 N–H and O–H groups in total. The first-order valence-corrected chi connectivity index (χ1v) is 6.62. The van der Waals surface area contributed by atoms with E-state index >= 15 is 0 Å². The number of hydrogen-bond donors (Lipinski definition) is 1. The van der Waals surface area contributed by atoms with E-state index in [2.05, 4.69) is 57.0 Å². The summed E-state index contributed by atoms with van der Waals surface area (Å²) in [6.45, 7) is 13.6. The Balaban J connectivity index is 2.43. The molecule has 104 valence electrons. The van der Waals surface area contributed by atoms with E-state index in [1.165, 1.54) is 0 Å². The van der Waals surface area contributed by atoms with Crippen LogP contribution in [0, 0.1) is 5.41 Å². The minimum Gasteiger partial charge on any atom is -0.360 e. The van der Waals surface area contributed by atoms with Crippen molar-refractivity contribution in [1.82, 2.24) is 15.4 Å². The van der Waals surface area contributed by atoms with E-state index in [4.69, 9.17) is 4.52 Å². The molecule has 0 radical (unpaired) electrons. The van der Waals surface area contributed by atoms with Crippen LogP contribution in [0.3, 0.4) is 0 Å². The largest absolute Gasteiger partial charge is 0.360 e. The fraction of sp³-hybridized carbons (Fsp3) is 0.786. The summed E-state index contributed by atoms with van der Waals surface area (Å²) in [5.41, 5.74) is 1.28. The molecular formula is C14H27N3O. The lowest BCUT2D eigenvalue weighted by Gasteiger charge is -2.25. The van der Waals surface area contributed by atoms with Crippen molar-refractivity contribution < 1.29 is 4.52 Å². The maximum absolute atomic E-state index is 5.35. The Labute approximate surface area is 111 Å². The quantitative estimate of drug-likeness (QED) is 0.846. The van der Waals surface area contributed by atoms with Gasteiger partial charge in [0.15, 0.2) is 5.76 Å². The van der Waals surface area contributed by atoms with Crippen LogP contribution in [0.4, 0.5) is 0 Å². The molecule has 1 aromatic heterocycles. The summed E-state index contributed by atoms with van der Waals surface area (Å²) in [5, 5.41) is 7.40. The smallest absolute Gasteiger partial charge is 0.151 e. The second kappa shape index (κ2) is 6.34. The summed E-state index contributed by atoms with van der Waals surface area (Å²) in [6, 6.07) is 2.50. The molecule has 4 nitrogen and oxygen atoms in total. The van der Waals surface area contributed by atoms with Gasteiger partial charge in [-0.3, -0.25) is 4.90 Å². The average Bonchev–Trinajstić information content (AvgIpc) is 2.59. The molecule has 0 aliphatic heterocycles. The molecule has 0 saturated heterocycles. The van der Waals surface area contributed by atoms with Crippen molar-refractivity contribution in [2.45, 2.75) is 53.8 Å². The van der Waals surface area contributed by atoms with E-state index < -0.39 is 0 Å². The Hall–Kier alpha value is -0.870. The Bertz CT molecular complexity index is 352. The number of nitrogens with one attached hydrogen (secondary N) is 1. The van der Waals surface area contributed by atoms with Crippen LogP contribution in [-0.2, 0) is 13.1 Å². The van der Waals surface area contributed by atoms with Gasteiger partial charge in [-0.2, -0.15) is 0 Å². The molecule has 0 unspecified atom stereocenters. The SMILES string of the molecule is CC(C)NCc1cc(CN(C)CC(C)(C)C)on1. The summed E-state index contributed by atoms with van der Waals surface area (Å²) in [5.74, 6) is 0.933. The Kier molecular flexibility index (Phi) is 5.35. The van der Waals surface area contributed by atoms with Gasteiger partial charge in [-0.1, -0.05) is 39.8 Å². The van der Waals surface area contributed by atoms with E-state index in [-0.39, 0.29) is 0 Å². The first-order chi connectivity index (χ1) is 8.26. The summed E-state index contributed by atoms with van der Waals surface area (Å²) in [6.07, 6.45) is 0. The lowest BCUT2D eigenvalue weighted by Crippen LogP contribution is -2.28. The van der Waals surface area contributed by atoms with Gasteiger partial charge in [0, 0.05) is 25.2 Å². The van der Waals surface area contributed by atoms with Gasteiger partial charge < -0.3 is 9.84 Å². The molecule has 0 atom stereocenters. The summed E-state index contributed by atoms with van der Waals surface area (Å²) in [4.78, 5) is 2.26. The number of hydrogen-bond acceptors (Lipinski definition) is 4. The third-order valence-corrected chi connectivity index (χ3v) is 2.47. The molecule has 0 spiro atoms. The van der Waals surface area contributed by atoms with Crippen LogP contribution < -0.4 is 5.32 Å². The molecule has 0 amide bonds. The Morgan fingerprint density at radius 3 is 2.61 bits per heavy atom. The van der Waals surface area contributed by atoms with Crippen molar-refractivity contribution in [3.05, 3.63) is 17.5 Å². The molecule has 18 heavy (non-hydrogen) atoms. The van der Waals surface area contributed by atoms with E-state index in [9.17, 15) is 0 Å². The number of aromatic nitrogens is 1. The highest BCUT2D eigenvalue weighted by Crippen LogP contribution is 2.16. The predicted molar refractivity (Wildman–Crippen MR) is 74.3 cm³/mol. The van der Waals surface area contributed by atoms with Crippen LogP contribution in [0.25, 0.3) is 0 Å². The maximum atomic E-state index is 5.35. The first kappa shape index (κ1) is 15.2. The predicted octanol–water partition coefficient (Wildman–Crippen LogP) is 2.65. The van der Waals surface area contributed by atoms with Gasteiger partial charge in [0.1, 0.15) is 0 Å². The van der Waals surface area contributed by atoms with Crippen molar-refractivity contribution >= 4 is 0 Å². The second-order valence-electron chi connectivity index (χ2n) is 6.55. The molecular weight excluding hydrogens is 226 g/mol. The first-order valence-electron chi connectivity index (χ1n) is 6.62. The van der Waals surface area contributed by atoms with Gasteiger partial charge in [-0.15, -0.1) is 0 Å². The number of rotatable bonds is 6. The Morgan fingerprint density at radius 2 is 2.06 bits per heavy atom. The highest BCUT2D eigenvalue weighted by atomic mass is 16.5. The van der Waals surface area contributed by atoms with E-state index in [0.29, 0.717) is 11.5 Å². The van der Waals surface area contributed by atoms with Crippen LogP contribution in [0.1, 0.15) is 46.1 Å². The van der Waals surface area contributed by atoms with Crippen LogP contribution in [0.15, 0.2) is 10.6 Å². The molecule has 0 aliphatic carbocycles. The van der Waals surface area contributed by atoms with Crippen LogP contribution in [0.5, 0.6) is 0 Å². The summed E-state index contributed by atoms with van der Waals surface area (Å²) < 4.78 is 5.35. The molecule has 1 rings (SSSR count). The zero-order chi connectivity index (χ0) is 13.8. The summed E-state index contributed by atoms with van der Waals surface area (Å²) >= 11 is 0. The topological polar surface area (TPSA) is 41.3 Å². The molecule has 0 aliphatic rings. The van der Waals surface area contributed by atoms with E-state index in [0.717, 1.165) is 31.1 Å². The highest BCUT2D eigenvalue weighted by Gasteiger charge is 2.15. The molecule has 0 fully saturated rings. The minimum atomic E-state index is 0.302. The molecule has 1 aromatic rings. The lowest BCUT2D eigenvalue weighted by molar-refractivity contribution is 0.200. The van der Waals surface area contributed by atoms with Crippen molar-refractivity contribution in [3.63, 3.8) is 0 Å². The molecule has 0 bridgehead atoms. The highest BCUT2D eigenvalue weighted by molar-refractivity contribution is 5.05. The third kappa shape index (κ3) is 6.17. The van der Waals surface area contributed by atoms with Crippen molar-refractivity contribution in [1.29, 1.82) is 0 Å². The Morgan fingerprint density at radius 1 is 1.39 bits per heavy atom. The zero-order valence-electron chi connectivity index (χ0n) is 12.6. The van der Waals surface area contributed by atoms with E-state index in [1.807, 2.05) is 6.07 Å². The molecule has 1 heterocycles. The molecule has 0 saturated carbocycles. The van der Waals surface area contributed by atoms with Crippen LogP contribution in [-0.4, -0.2) is 29.7 Å². The van der Waals surface area contributed by atoms with E-state index in [1.54, 1.807) is 0 Å². The average molecular weight is 253 g/mol. The van der Waals surface area contributed by atoms with Gasteiger partial charge in [-0.05, 0) is 12.5 Å². The van der Waals surface area contributed by atoms with Crippen molar-refractivity contribution in [2.24, 2.45) is 5.41 Å². The van der Waals surface area contributed by atoms with Gasteiger partial charge in [0.25, 0.3) is 0 Å². The third-order valence-electron chi connectivity index (χ3n) is 2.47. The second-order valence-corrected chi connectivity index (χ2v) is 6.55. The lowest BCUT2D eigenvalue weighted by atomic mass is 9.96. The number of nitrogens with zero attached hydrogens (tertiary/aromatic N) is 2. The fourth-order valence-electron chi connectivity index (χ4n) is 1.95. The summed E-state index contributed by atoms with van der Waals surface area (Å²) in [7, 11) is 2.11. The van der Waals surface area contributed by atoms with Gasteiger partial charge in [0.2, 0.25) is 0 Å². The van der Waals surface area contributed by atoms with Gasteiger partial charge in [-0.25, -0.2) is 0 Å². The van der Waals surface area contributed by atoms with Crippen molar-refractivity contribution in [3.8, 4) is 0 Å². The maximum Gasteiger partial charge on any atom is 0.151 e. The van der Waals surface area contributed by atoms with Crippen LogP contribution in [0.2, 0.25) is 0 Å². The van der Waals surface area contributed by atoms with Gasteiger partial charge in [0.05, 0.1) is 12.2 Å². The standard InChI is InChI=1S/C14H27N3O/c1-11(2)15-8-12-7-13(18-16-12)9-17(6)10-14(3,4)5/h7,11,15H,8-10H2,1-6H3. The zero-order valence-corrected chi connectivity index (χ0v) is 12.6. The monoisotopic (exact) mass is 253 g/mol. The minimum absolute atomic E-state index is 0.302. The fourth-order valence-corrected chi connectivity index (χ4v) is 1.95. The van der Waals surface area contributed by atoms with Crippen molar-refractivity contribution in [2.75, 3.05) is 13.6 Å². The van der Waals surface area contributed by atoms with Crippen LogP contribution >= 0.6 is 0 Å². The van der Waals surface area contributed by atoms with Gasteiger partial charge >= 0.3 is 0 Å².